The van der Waals surface area contributed by atoms with Gasteiger partial charge in [-0.1, -0.05) is 81.2 Å². The molecule has 1 aromatic rings. The molecule has 1 heteroatoms. The highest BCUT2D eigenvalue weighted by Gasteiger charge is 2.23. The highest BCUT2D eigenvalue weighted by Crippen LogP contribution is 2.37. The molecule has 0 bridgehead atoms. The molecule has 1 rings (SSSR count). The molecule has 0 fully saturated rings. The topological polar surface area (TPSA) is 0 Å². The molecule has 0 aliphatic carbocycles. The predicted octanol–water partition coefficient (Wildman–Crippen LogP) is 6.15. The molecular weight excluding hydrogens is 284 g/mol. The first-order valence-electron chi connectivity index (χ1n) is 7.07. The Balaban J connectivity index is 2.64. The van der Waals surface area contributed by atoms with Crippen LogP contribution < -0.4 is 0 Å². The van der Waals surface area contributed by atoms with E-state index in [4.69, 9.17) is 0 Å². The fourth-order valence-electron chi connectivity index (χ4n) is 1.98. The Morgan fingerprint density at radius 2 is 1.67 bits per heavy atom. The van der Waals surface area contributed by atoms with Crippen molar-refractivity contribution in [3.05, 3.63) is 35.4 Å². The standard InChI is InChI=1S/C17H27Br/c1-6-7-14-8-10-15(11-9-14)16(18)12-13(2)17(3,4)5/h8-11,13,16H,6-7,12H2,1-5H3. The van der Waals surface area contributed by atoms with E-state index >= 15 is 0 Å². The Morgan fingerprint density at radius 1 is 1.11 bits per heavy atom. The molecule has 0 saturated carbocycles. The van der Waals surface area contributed by atoms with Crippen molar-refractivity contribution in [2.75, 3.05) is 0 Å². The van der Waals surface area contributed by atoms with Gasteiger partial charge in [0.1, 0.15) is 0 Å². The molecule has 1 aromatic carbocycles. The summed E-state index contributed by atoms with van der Waals surface area (Å²) in [4.78, 5) is 0.474. The minimum absolute atomic E-state index is 0.383. The highest BCUT2D eigenvalue weighted by molar-refractivity contribution is 9.09. The molecule has 0 aliphatic rings. The zero-order valence-electron chi connectivity index (χ0n) is 12.5. The van der Waals surface area contributed by atoms with Crippen LogP contribution in [0.4, 0.5) is 0 Å². The van der Waals surface area contributed by atoms with E-state index in [1.807, 2.05) is 0 Å². The van der Waals surface area contributed by atoms with Gasteiger partial charge in [-0.2, -0.15) is 0 Å². The number of hydrogen-bond acceptors (Lipinski definition) is 0. The van der Waals surface area contributed by atoms with Crippen molar-refractivity contribution in [1.29, 1.82) is 0 Å². The maximum absolute atomic E-state index is 3.84. The van der Waals surface area contributed by atoms with Crippen molar-refractivity contribution in [1.82, 2.24) is 0 Å². The summed E-state index contributed by atoms with van der Waals surface area (Å²) in [6.45, 7) is 11.5. The van der Waals surface area contributed by atoms with Gasteiger partial charge < -0.3 is 0 Å². The Labute approximate surface area is 121 Å². The van der Waals surface area contributed by atoms with Crippen molar-refractivity contribution < 1.29 is 0 Å². The number of rotatable bonds is 5. The second kappa shape index (κ2) is 6.75. The van der Waals surface area contributed by atoms with E-state index in [2.05, 4.69) is 74.8 Å². The van der Waals surface area contributed by atoms with Gasteiger partial charge in [-0.15, -0.1) is 0 Å². The van der Waals surface area contributed by atoms with Crippen LogP contribution in [0, 0.1) is 11.3 Å². The smallest absolute Gasteiger partial charge is 0.0398 e. The summed E-state index contributed by atoms with van der Waals surface area (Å²) in [5, 5.41) is 0. The SMILES string of the molecule is CCCc1ccc(C(Br)CC(C)C(C)(C)C)cc1. The van der Waals surface area contributed by atoms with E-state index in [-0.39, 0.29) is 0 Å². The maximum atomic E-state index is 3.84. The molecule has 0 aliphatic heterocycles. The van der Waals surface area contributed by atoms with E-state index in [9.17, 15) is 0 Å². The lowest BCUT2D eigenvalue weighted by Crippen LogP contribution is -2.18. The summed E-state index contributed by atoms with van der Waals surface area (Å²) in [5.41, 5.74) is 3.24. The molecule has 0 heterocycles. The zero-order chi connectivity index (χ0) is 13.8. The fraction of sp³-hybridized carbons (Fsp3) is 0.647. The van der Waals surface area contributed by atoms with E-state index in [0.717, 1.165) is 0 Å². The Morgan fingerprint density at radius 3 is 2.11 bits per heavy atom. The van der Waals surface area contributed by atoms with Gasteiger partial charge in [-0.25, -0.2) is 0 Å². The third-order valence-electron chi connectivity index (χ3n) is 3.92. The van der Waals surface area contributed by atoms with Crippen molar-refractivity contribution in [2.24, 2.45) is 11.3 Å². The molecule has 0 nitrogen and oxygen atoms in total. The summed E-state index contributed by atoms with van der Waals surface area (Å²) in [6, 6.07) is 9.10. The fourth-order valence-corrected chi connectivity index (χ4v) is 2.85. The zero-order valence-corrected chi connectivity index (χ0v) is 14.0. The van der Waals surface area contributed by atoms with Crippen molar-refractivity contribution >= 4 is 15.9 Å². The van der Waals surface area contributed by atoms with Gasteiger partial charge in [-0.3, -0.25) is 0 Å². The molecular formula is C17H27Br. The summed E-state index contributed by atoms with van der Waals surface area (Å²) in [7, 11) is 0. The number of aryl methyl sites for hydroxylation is 1. The summed E-state index contributed by atoms with van der Waals surface area (Å²) in [6.07, 6.45) is 3.60. The average Bonchev–Trinajstić information content (AvgIpc) is 2.29. The largest absolute Gasteiger partial charge is 0.0839 e. The maximum Gasteiger partial charge on any atom is 0.0398 e. The van der Waals surface area contributed by atoms with Gasteiger partial charge >= 0.3 is 0 Å². The van der Waals surface area contributed by atoms with Gasteiger partial charge in [0.2, 0.25) is 0 Å². The van der Waals surface area contributed by atoms with Gasteiger partial charge in [0, 0.05) is 4.83 Å². The van der Waals surface area contributed by atoms with Crippen LogP contribution in [0.25, 0.3) is 0 Å². The number of halogens is 1. The third-order valence-corrected chi connectivity index (χ3v) is 4.82. The van der Waals surface area contributed by atoms with Crippen LogP contribution in [-0.4, -0.2) is 0 Å². The second-order valence-corrected chi connectivity index (χ2v) is 7.57. The quantitative estimate of drug-likeness (QED) is 0.572. The first-order valence-corrected chi connectivity index (χ1v) is 7.99. The minimum atomic E-state index is 0.383. The van der Waals surface area contributed by atoms with E-state index in [1.165, 1.54) is 30.4 Å². The molecule has 0 aromatic heterocycles. The van der Waals surface area contributed by atoms with Crippen LogP contribution in [0.5, 0.6) is 0 Å². The number of benzene rings is 1. The van der Waals surface area contributed by atoms with Crippen molar-refractivity contribution in [3.63, 3.8) is 0 Å². The van der Waals surface area contributed by atoms with E-state index in [1.54, 1.807) is 0 Å². The van der Waals surface area contributed by atoms with Gasteiger partial charge in [-0.05, 0) is 35.3 Å². The minimum Gasteiger partial charge on any atom is -0.0839 e. The van der Waals surface area contributed by atoms with Gasteiger partial charge in [0.25, 0.3) is 0 Å². The highest BCUT2D eigenvalue weighted by atomic mass is 79.9. The van der Waals surface area contributed by atoms with Crippen LogP contribution in [0.15, 0.2) is 24.3 Å². The first-order chi connectivity index (χ1) is 8.34. The van der Waals surface area contributed by atoms with Crippen LogP contribution in [0.2, 0.25) is 0 Å². The Bertz CT molecular complexity index is 345. The Kier molecular flexibility index (Phi) is 5.91. The normalized spacial score (nSPS) is 15.4. The molecule has 2 atom stereocenters. The predicted molar refractivity (Wildman–Crippen MR) is 85.3 cm³/mol. The second-order valence-electron chi connectivity index (χ2n) is 6.46. The van der Waals surface area contributed by atoms with Gasteiger partial charge in [0.15, 0.2) is 0 Å². The third kappa shape index (κ3) is 4.76. The lowest BCUT2D eigenvalue weighted by Gasteiger charge is -2.29. The molecule has 0 spiro atoms. The van der Waals surface area contributed by atoms with E-state index < -0.39 is 0 Å². The average molecular weight is 311 g/mol. The molecule has 0 N–H and O–H groups in total. The first kappa shape index (κ1) is 15.8. The summed E-state index contributed by atoms with van der Waals surface area (Å²) < 4.78 is 0. The van der Waals surface area contributed by atoms with Crippen LogP contribution in [0.1, 0.15) is 63.4 Å². The summed E-state index contributed by atoms with van der Waals surface area (Å²) in [5.74, 6) is 0.706. The number of alkyl halides is 1. The van der Waals surface area contributed by atoms with Crippen LogP contribution in [0.3, 0.4) is 0 Å². The lowest BCUT2D eigenvalue weighted by molar-refractivity contribution is 0.246. The molecule has 18 heavy (non-hydrogen) atoms. The van der Waals surface area contributed by atoms with Crippen molar-refractivity contribution in [2.45, 2.75) is 58.7 Å². The molecule has 0 radical (unpaired) electrons. The lowest BCUT2D eigenvalue weighted by atomic mass is 9.79. The van der Waals surface area contributed by atoms with Crippen molar-refractivity contribution in [3.8, 4) is 0 Å². The number of hydrogen-bond donors (Lipinski definition) is 0. The van der Waals surface area contributed by atoms with E-state index in [0.29, 0.717) is 16.2 Å². The monoisotopic (exact) mass is 310 g/mol. The molecule has 0 saturated heterocycles. The van der Waals surface area contributed by atoms with Crippen LogP contribution in [-0.2, 0) is 6.42 Å². The van der Waals surface area contributed by atoms with Crippen LogP contribution >= 0.6 is 15.9 Å². The molecule has 102 valence electrons. The molecule has 2 unspecified atom stereocenters. The van der Waals surface area contributed by atoms with Gasteiger partial charge in [0.05, 0.1) is 0 Å². The molecule has 0 amide bonds. The Hall–Kier alpha value is -0.300. The summed E-state index contributed by atoms with van der Waals surface area (Å²) >= 11 is 3.84.